The molecule has 3 amide bonds. The van der Waals surface area contributed by atoms with Crippen LogP contribution in [0.15, 0.2) is 30.3 Å². The second kappa shape index (κ2) is 8.84. The fraction of sp³-hybridized carbons (Fsp3) is 0.591. The van der Waals surface area contributed by atoms with Gasteiger partial charge in [-0.3, -0.25) is 19.3 Å². The van der Waals surface area contributed by atoms with Gasteiger partial charge >= 0.3 is 0 Å². The van der Waals surface area contributed by atoms with Crippen LogP contribution in [-0.2, 0) is 9.59 Å². The minimum absolute atomic E-state index is 0.0802. The maximum absolute atomic E-state index is 13.3. The van der Waals surface area contributed by atoms with Crippen molar-refractivity contribution in [2.45, 2.75) is 31.7 Å². The van der Waals surface area contributed by atoms with Gasteiger partial charge in [-0.15, -0.1) is 0 Å². The largest absolute Gasteiger partial charge is 0.498 e. The first kappa shape index (κ1) is 21.6. The molecule has 2 saturated heterocycles. The summed E-state index contributed by atoms with van der Waals surface area (Å²) in [6, 6.07) is 9.78. The van der Waals surface area contributed by atoms with Crippen LogP contribution in [0.2, 0.25) is 0 Å². The molecule has 1 aromatic rings. The molecular formula is C22H30N4O5. The van der Waals surface area contributed by atoms with Crippen LogP contribution in [0, 0.1) is 11.8 Å². The van der Waals surface area contributed by atoms with Crippen molar-refractivity contribution in [2.75, 3.05) is 44.2 Å². The summed E-state index contributed by atoms with van der Waals surface area (Å²) in [5, 5.41) is 21.1. The Labute approximate surface area is 181 Å². The molecule has 9 heteroatoms. The third-order valence-corrected chi connectivity index (χ3v) is 7.48. The summed E-state index contributed by atoms with van der Waals surface area (Å²) in [4.78, 5) is 41.6. The van der Waals surface area contributed by atoms with E-state index < -0.39 is 23.8 Å². The van der Waals surface area contributed by atoms with Crippen molar-refractivity contribution in [3.05, 3.63) is 30.3 Å². The molecule has 168 valence electrons. The first-order valence-electron chi connectivity index (χ1n) is 11.1. The third-order valence-electron chi connectivity index (χ3n) is 7.48. The van der Waals surface area contributed by atoms with Crippen LogP contribution in [0.1, 0.15) is 25.7 Å². The quantitative estimate of drug-likeness (QED) is 0.401. The lowest BCUT2D eigenvalue weighted by molar-refractivity contribution is -0.936. The van der Waals surface area contributed by atoms with Crippen LogP contribution in [0.25, 0.3) is 0 Å². The summed E-state index contributed by atoms with van der Waals surface area (Å²) >= 11 is 0. The molecule has 1 aromatic carbocycles. The number of amides is 3. The van der Waals surface area contributed by atoms with Crippen molar-refractivity contribution < 1.29 is 29.2 Å². The molecule has 9 nitrogen and oxygen atoms in total. The van der Waals surface area contributed by atoms with Gasteiger partial charge in [0.05, 0.1) is 31.0 Å². The van der Waals surface area contributed by atoms with Crippen molar-refractivity contribution in [3.8, 4) is 0 Å². The topological polar surface area (TPSA) is 113 Å². The molecule has 0 radical (unpaired) electrons. The van der Waals surface area contributed by atoms with E-state index in [1.165, 1.54) is 0 Å². The zero-order valence-corrected chi connectivity index (χ0v) is 17.6. The highest BCUT2D eigenvalue weighted by atomic mass is 16.5. The Morgan fingerprint density at radius 2 is 1.68 bits per heavy atom. The van der Waals surface area contributed by atoms with Crippen LogP contribution in [-0.4, -0.2) is 77.8 Å². The Balaban J connectivity index is 1.42. The smallest absolute Gasteiger partial charge is 0.257 e. The Morgan fingerprint density at radius 1 is 1.00 bits per heavy atom. The Morgan fingerprint density at radius 3 is 2.23 bits per heavy atom. The molecular weight excluding hydrogens is 400 g/mol. The number of carbonyl (C=O) groups is 3. The number of hydrogen-bond donors (Lipinski definition) is 2. The molecule has 31 heavy (non-hydrogen) atoms. The predicted octanol–water partition coefficient (Wildman–Crippen LogP) is 0.189. The van der Waals surface area contributed by atoms with Crippen molar-refractivity contribution in [2.24, 2.45) is 11.8 Å². The van der Waals surface area contributed by atoms with Gasteiger partial charge in [0, 0.05) is 51.1 Å². The van der Waals surface area contributed by atoms with E-state index in [2.05, 4.69) is 4.90 Å². The van der Waals surface area contributed by atoms with Gasteiger partial charge in [0.25, 0.3) is 6.09 Å². The molecule has 0 bridgehead atoms. The van der Waals surface area contributed by atoms with Gasteiger partial charge in [-0.25, -0.2) is 5.48 Å². The summed E-state index contributed by atoms with van der Waals surface area (Å²) in [5.74, 6) is -1.97. The van der Waals surface area contributed by atoms with Crippen LogP contribution < -0.4 is 15.5 Å². The van der Waals surface area contributed by atoms with Gasteiger partial charge in [0.2, 0.25) is 11.8 Å². The van der Waals surface area contributed by atoms with E-state index in [0.717, 1.165) is 12.1 Å². The molecule has 2 N–H and O–H groups in total. The average Bonchev–Trinajstić information content (AvgIpc) is 2.77. The number of anilines is 1. The molecule has 1 saturated carbocycles. The maximum atomic E-state index is 13.3. The van der Waals surface area contributed by atoms with Crippen LogP contribution in [0.4, 0.5) is 10.5 Å². The third kappa shape index (κ3) is 3.99. The van der Waals surface area contributed by atoms with Crippen molar-refractivity contribution in [1.29, 1.82) is 0 Å². The predicted molar refractivity (Wildman–Crippen MR) is 110 cm³/mol. The number of nitrogens with one attached hydrogen (secondary N) is 1. The molecule has 2 heterocycles. The van der Waals surface area contributed by atoms with E-state index in [1.54, 1.807) is 10.4 Å². The van der Waals surface area contributed by atoms with E-state index in [0.29, 0.717) is 52.1 Å². The molecule has 0 spiro atoms. The number of hydroxylamine groups is 1. The number of piperazine rings is 1. The zero-order valence-electron chi connectivity index (χ0n) is 17.6. The molecule has 3 aliphatic rings. The lowest BCUT2D eigenvalue weighted by atomic mass is 9.73. The van der Waals surface area contributed by atoms with Gasteiger partial charge in [0.15, 0.2) is 0 Å². The second-order valence-corrected chi connectivity index (χ2v) is 8.90. The van der Waals surface area contributed by atoms with E-state index in [1.807, 2.05) is 30.3 Å². The minimum Gasteiger partial charge on any atom is -0.498 e. The SMILES string of the molecule is O=C(NO)[C@H]1C[C@H]([N+]2(C(=O)[O-])CCC2)CC[C@@H]1C(=O)N1CCN(c2ccccc2)CC1. The lowest BCUT2D eigenvalue weighted by Gasteiger charge is -2.53. The molecule has 2 aliphatic heterocycles. The molecule has 0 unspecified atom stereocenters. The van der Waals surface area contributed by atoms with Crippen LogP contribution in [0.5, 0.6) is 0 Å². The highest BCUT2D eigenvalue weighted by Gasteiger charge is 2.51. The van der Waals surface area contributed by atoms with Gasteiger partial charge in [0.1, 0.15) is 0 Å². The summed E-state index contributed by atoms with van der Waals surface area (Å²) in [7, 11) is 0. The molecule has 1 aliphatic carbocycles. The fourth-order valence-electron chi connectivity index (χ4n) is 5.52. The number of benzene rings is 1. The van der Waals surface area contributed by atoms with E-state index in [9.17, 15) is 24.7 Å². The summed E-state index contributed by atoms with van der Waals surface area (Å²) < 4.78 is -0.133. The Kier molecular flexibility index (Phi) is 6.15. The van der Waals surface area contributed by atoms with Crippen molar-refractivity contribution >= 4 is 23.6 Å². The highest BCUT2D eigenvalue weighted by Crippen LogP contribution is 2.40. The number of rotatable bonds is 4. The monoisotopic (exact) mass is 430 g/mol. The summed E-state index contributed by atoms with van der Waals surface area (Å²) in [6.45, 7) is 3.57. The second-order valence-electron chi connectivity index (χ2n) is 8.90. The van der Waals surface area contributed by atoms with Gasteiger partial charge in [-0.05, 0) is 18.6 Å². The first-order chi connectivity index (χ1) is 15.0. The fourth-order valence-corrected chi connectivity index (χ4v) is 5.52. The number of carboxylic acid groups (broad SMARTS) is 1. The zero-order chi connectivity index (χ0) is 22.0. The number of nitrogens with zero attached hydrogens (tertiary/aromatic N) is 3. The summed E-state index contributed by atoms with van der Waals surface area (Å²) in [5.41, 5.74) is 2.82. The van der Waals surface area contributed by atoms with E-state index >= 15 is 0 Å². The normalized spacial score (nSPS) is 27.8. The van der Waals surface area contributed by atoms with E-state index in [-0.39, 0.29) is 22.9 Å². The maximum Gasteiger partial charge on any atom is 0.257 e. The molecule has 0 aromatic heterocycles. The number of hydrogen-bond acceptors (Lipinski definition) is 6. The Hall–Kier alpha value is -2.65. The number of likely N-dealkylation sites (tertiary alicyclic amines) is 1. The van der Waals surface area contributed by atoms with Crippen LogP contribution in [0.3, 0.4) is 0 Å². The standard InChI is InChI=1S/C22H30N4O5/c27-20(23-31)19-15-17(26(22(29)30)13-4-14-26)7-8-18(19)21(28)25-11-9-24(10-12-25)16-5-2-1-3-6-16/h1-3,5-6,17-19H,4,7-15H2,(H2-,23,27,29,30,31)/t17-,18+,19+/m1/s1. The number of para-hydroxylation sites is 1. The number of carbonyl (C=O) groups excluding carboxylic acids is 3. The number of quaternary nitrogens is 1. The molecule has 3 fully saturated rings. The first-order valence-corrected chi connectivity index (χ1v) is 11.1. The summed E-state index contributed by atoms with van der Waals surface area (Å²) in [6.07, 6.45) is 0.967. The van der Waals surface area contributed by atoms with Gasteiger partial charge in [-0.2, -0.15) is 0 Å². The van der Waals surface area contributed by atoms with Gasteiger partial charge < -0.3 is 19.7 Å². The van der Waals surface area contributed by atoms with E-state index in [4.69, 9.17) is 0 Å². The average molecular weight is 431 g/mol. The molecule has 3 atom stereocenters. The molecule has 4 rings (SSSR count). The van der Waals surface area contributed by atoms with Gasteiger partial charge in [-0.1, -0.05) is 18.2 Å². The minimum atomic E-state index is -1.11. The van der Waals surface area contributed by atoms with Crippen molar-refractivity contribution in [1.82, 2.24) is 10.4 Å². The van der Waals surface area contributed by atoms with Crippen LogP contribution >= 0.6 is 0 Å². The lowest BCUT2D eigenvalue weighted by Crippen LogP contribution is -2.71. The van der Waals surface area contributed by atoms with Crippen molar-refractivity contribution in [3.63, 3.8) is 0 Å². The highest BCUT2D eigenvalue weighted by molar-refractivity contribution is 5.87. The Bertz CT molecular complexity index is 820.